The molecule has 194 valence electrons. The van der Waals surface area contributed by atoms with Crippen molar-refractivity contribution in [2.24, 2.45) is 0 Å². The van der Waals surface area contributed by atoms with E-state index in [2.05, 4.69) is 49.1 Å². The molecule has 1 aliphatic rings. The molecule has 0 aliphatic carbocycles. The number of nitrogens with zero attached hydrogens (tertiary/aromatic N) is 4. The van der Waals surface area contributed by atoms with Gasteiger partial charge in [-0.3, -0.25) is 14.5 Å². The van der Waals surface area contributed by atoms with E-state index in [1.165, 1.54) is 12.1 Å². The Balaban J connectivity index is 1.37. The van der Waals surface area contributed by atoms with Crippen LogP contribution < -0.4 is 21.1 Å². The lowest BCUT2D eigenvalue weighted by atomic mass is 10.0. The fourth-order valence-corrected chi connectivity index (χ4v) is 4.54. The van der Waals surface area contributed by atoms with Gasteiger partial charge in [-0.1, -0.05) is 18.7 Å². The van der Waals surface area contributed by atoms with Crippen LogP contribution in [0, 0.1) is 0 Å². The zero-order valence-corrected chi connectivity index (χ0v) is 20.9. The maximum atomic E-state index is 12.3. The van der Waals surface area contributed by atoms with Crippen molar-refractivity contribution in [1.29, 1.82) is 0 Å². The van der Waals surface area contributed by atoms with E-state index in [0.717, 1.165) is 49.7 Å². The van der Waals surface area contributed by atoms with E-state index >= 15 is 0 Å². The second-order valence-electron chi connectivity index (χ2n) is 9.00. The minimum atomic E-state index is -0.318. The van der Waals surface area contributed by atoms with Gasteiger partial charge < -0.3 is 25.6 Å². The summed E-state index contributed by atoms with van der Waals surface area (Å²) in [5.74, 6) is 0.0778. The number of nitrogens with one attached hydrogen (secondary N) is 3. The topological polar surface area (TPSA) is 126 Å². The number of β-amino-alcohol motifs (C(OH)–C–C–N with tert-alkyl or cyclic N) is 1. The molecule has 3 heterocycles. The van der Waals surface area contributed by atoms with Gasteiger partial charge in [-0.05, 0) is 48.0 Å². The second kappa shape index (κ2) is 11.2. The number of carbonyl (C=O) groups excluding carboxylic acids is 1. The fourth-order valence-electron chi connectivity index (χ4n) is 4.54. The molecule has 2 aromatic carbocycles. The lowest BCUT2D eigenvalue weighted by molar-refractivity contribution is -0.111. The Morgan fingerprint density at radius 1 is 1.08 bits per heavy atom. The van der Waals surface area contributed by atoms with Crippen molar-refractivity contribution in [3.05, 3.63) is 83.8 Å². The van der Waals surface area contributed by atoms with Crippen LogP contribution >= 0.6 is 0 Å². The molecule has 2 aromatic heterocycles. The Labute approximate surface area is 219 Å². The SMILES string of the molecule is C=CC(=O)Nc1cccc(-c2cc(=O)[nH]c3cnc(Nc4ccc(N5CCN(CCO)CC5)cc4)nc23)c1. The third-order valence-corrected chi connectivity index (χ3v) is 6.48. The first kappa shape index (κ1) is 25.1. The largest absolute Gasteiger partial charge is 0.395 e. The lowest BCUT2D eigenvalue weighted by Crippen LogP contribution is -2.47. The molecule has 1 amide bonds. The number of anilines is 4. The first-order valence-electron chi connectivity index (χ1n) is 12.4. The monoisotopic (exact) mass is 511 g/mol. The van der Waals surface area contributed by atoms with Gasteiger partial charge >= 0.3 is 0 Å². The zero-order chi connectivity index (χ0) is 26.5. The van der Waals surface area contributed by atoms with Gasteiger partial charge in [0.1, 0.15) is 5.52 Å². The minimum absolute atomic E-state index is 0.190. The molecular formula is C28H29N7O3. The number of benzene rings is 2. The van der Waals surface area contributed by atoms with E-state index in [0.29, 0.717) is 28.2 Å². The second-order valence-corrected chi connectivity index (χ2v) is 9.00. The summed E-state index contributed by atoms with van der Waals surface area (Å²) in [5.41, 5.74) is 4.74. The summed E-state index contributed by atoms with van der Waals surface area (Å²) in [4.78, 5) is 40.6. The van der Waals surface area contributed by atoms with E-state index in [-0.39, 0.29) is 18.1 Å². The number of aromatic nitrogens is 3. The van der Waals surface area contributed by atoms with Crippen LogP contribution in [0.15, 0.2) is 78.2 Å². The van der Waals surface area contributed by atoms with Gasteiger partial charge in [0.25, 0.3) is 0 Å². The molecule has 4 N–H and O–H groups in total. The van der Waals surface area contributed by atoms with E-state index in [9.17, 15) is 9.59 Å². The molecule has 4 aromatic rings. The van der Waals surface area contributed by atoms with Gasteiger partial charge in [-0.2, -0.15) is 0 Å². The molecule has 0 saturated carbocycles. The van der Waals surface area contributed by atoms with Gasteiger partial charge in [0, 0.05) is 61.4 Å². The van der Waals surface area contributed by atoms with E-state index in [4.69, 9.17) is 10.1 Å². The average Bonchev–Trinajstić information content (AvgIpc) is 2.94. The van der Waals surface area contributed by atoms with Crippen LogP contribution in [0.3, 0.4) is 0 Å². The maximum absolute atomic E-state index is 12.3. The van der Waals surface area contributed by atoms with E-state index in [1.54, 1.807) is 24.4 Å². The van der Waals surface area contributed by atoms with Crippen LogP contribution in [0.5, 0.6) is 0 Å². The van der Waals surface area contributed by atoms with Crippen LogP contribution in [0.1, 0.15) is 0 Å². The summed E-state index contributed by atoms with van der Waals surface area (Å²) in [7, 11) is 0. The number of pyridine rings is 1. The van der Waals surface area contributed by atoms with Gasteiger partial charge in [0.15, 0.2) is 0 Å². The number of aliphatic hydroxyl groups excluding tert-OH is 1. The Hall–Kier alpha value is -4.54. The van der Waals surface area contributed by atoms with Crippen molar-refractivity contribution in [2.75, 3.05) is 54.9 Å². The van der Waals surface area contributed by atoms with Crippen molar-refractivity contribution in [2.45, 2.75) is 0 Å². The number of hydrogen-bond donors (Lipinski definition) is 4. The number of hydrogen-bond acceptors (Lipinski definition) is 8. The van der Waals surface area contributed by atoms with Crippen LogP contribution in [-0.4, -0.2) is 70.2 Å². The van der Waals surface area contributed by atoms with Crippen LogP contribution in [0.25, 0.3) is 22.2 Å². The number of carbonyl (C=O) groups is 1. The summed E-state index contributed by atoms with van der Waals surface area (Å²) >= 11 is 0. The number of rotatable bonds is 8. The number of H-pyrrole nitrogens is 1. The first-order valence-corrected chi connectivity index (χ1v) is 12.4. The maximum Gasteiger partial charge on any atom is 0.249 e. The predicted octanol–water partition coefficient (Wildman–Crippen LogP) is 2.97. The average molecular weight is 512 g/mol. The van der Waals surface area contributed by atoms with Gasteiger partial charge in [-0.15, -0.1) is 0 Å². The molecule has 1 aliphatic heterocycles. The highest BCUT2D eigenvalue weighted by Crippen LogP contribution is 2.28. The summed E-state index contributed by atoms with van der Waals surface area (Å²) in [6.45, 7) is 8.08. The van der Waals surface area contributed by atoms with Crippen molar-refractivity contribution in [1.82, 2.24) is 19.9 Å². The molecule has 10 nitrogen and oxygen atoms in total. The zero-order valence-electron chi connectivity index (χ0n) is 20.9. The molecule has 1 saturated heterocycles. The Morgan fingerprint density at radius 2 is 1.87 bits per heavy atom. The van der Waals surface area contributed by atoms with Crippen molar-refractivity contribution in [3.8, 4) is 11.1 Å². The summed E-state index contributed by atoms with van der Waals surface area (Å²) < 4.78 is 0. The number of aromatic amines is 1. The first-order chi connectivity index (χ1) is 18.5. The lowest BCUT2D eigenvalue weighted by Gasteiger charge is -2.35. The van der Waals surface area contributed by atoms with Crippen molar-refractivity contribution < 1.29 is 9.90 Å². The Bertz CT molecular complexity index is 1510. The Morgan fingerprint density at radius 3 is 2.61 bits per heavy atom. The standard InChI is InChI=1S/C28H29N7O3/c1-2-25(37)30-21-5-3-4-19(16-21)23-17-26(38)32-24-18-29-28(33-27(23)24)31-20-6-8-22(9-7-20)35-12-10-34(11-13-35)14-15-36/h2-9,16-18,36H,1,10-15H2,(H,30,37)(H,32,38)(H,29,31,33). The fraction of sp³-hybridized carbons (Fsp3) is 0.214. The molecular weight excluding hydrogens is 482 g/mol. The summed E-state index contributed by atoms with van der Waals surface area (Å²) in [6.07, 6.45) is 2.78. The van der Waals surface area contributed by atoms with Crippen LogP contribution in [0.2, 0.25) is 0 Å². The third-order valence-electron chi connectivity index (χ3n) is 6.48. The van der Waals surface area contributed by atoms with E-state index in [1.807, 2.05) is 18.2 Å². The normalized spacial score (nSPS) is 13.9. The number of piperazine rings is 1. The molecule has 10 heteroatoms. The Kier molecular flexibility index (Phi) is 7.43. The molecule has 1 fully saturated rings. The minimum Gasteiger partial charge on any atom is -0.395 e. The van der Waals surface area contributed by atoms with Crippen molar-refractivity contribution in [3.63, 3.8) is 0 Å². The quantitative estimate of drug-likeness (QED) is 0.266. The predicted molar refractivity (Wildman–Crippen MR) is 150 cm³/mol. The molecule has 0 spiro atoms. The summed E-state index contributed by atoms with van der Waals surface area (Å²) in [6, 6.07) is 16.8. The molecule has 0 unspecified atom stereocenters. The summed E-state index contributed by atoms with van der Waals surface area (Å²) in [5, 5.41) is 15.1. The highest BCUT2D eigenvalue weighted by atomic mass is 16.3. The number of amides is 1. The van der Waals surface area contributed by atoms with Gasteiger partial charge in [0.2, 0.25) is 17.4 Å². The van der Waals surface area contributed by atoms with Gasteiger partial charge in [0.05, 0.1) is 18.3 Å². The number of aliphatic hydroxyl groups is 1. The molecule has 0 bridgehead atoms. The van der Waals surface area contributed by atoms with Gasteiger partial charge in [-0.25, -0.2) is 9.97 Å². The number of fused-ring (bicyclic) bond motifs is 1. The molecule has 0 radical (unpaired) electrons. The smallest absolute Gasteiger partial charge is 0.249 e. The van der Waals surface area contributed by atoms with Crippen molar-refractivity contribution >= 4 is 40.0 Å². The highest BCUT2D eigenvalue weighted by molar-refractivity contribution is 6.00. The van der Waals surface area contributed by atoms with E-state index < -0.39 is 0 Å². The van der Waals surface area contributed by atoms with Crippen LogP contribution in [-0.2, 0) is 4.79 Å². The molecule has 38 heavy (non-hydrogen) atoms. The molecule has 5 rings (SSSR count). The third kappa shape index (κ3) is 5.72. The molecule has 0 atom stereocenters. The van der Waals surface area contributed by atoms with Crippen LogP contribution in [0.4, 0.5) is 23.0 Å². The highest BCUT2D eigenvalue weighted by Gasteiger charge is 2.17.